The van der Waals surface area contributed by atoms with E-state index in [4.69, 9.17) is 10.1 Å². The van der Waals surface area contributed by atoms with Gasteiger partial charge in [-0.1, -0.05) is 30.3 Å². The van der Waals surface area contributed by atoms with E-state index in [9.17, 15) is 0 Å². The smallest absolute Gasteiger partial charge is 0.389 e. The lowest BCUT2D eigenvalue weighted by Crippen LogP contribution is -2.32. The highest BCUT2D eigenvalue weighted by molar-refractivity contribution is 6.59. The van der Waals surface area contributed by atoms with E-state index in [1.165, 1.54) is 0 Å². The summed E-state index contributed by atoms with van der Waals surface area (Å²) in [6.07, 6.45) is 0. The fraction of sp³-hybridized carbons (Fsp3) is 0. The van der Waals surface area contributed by atoms with Crippen molar-refractivity contribution >= 4 is 14.5 Å². The first kappa shape index (κ1) is 7.42. The average Bonchev–Trinajstić information content (AvgIpc) is 2.05. The summed E-state index contributed by atoms with van der Waals surface area (Å²) in [5.74, 6) is 0. The van der Waals surface area contributed by atoms with Crippen LogP contribution in [0.4, 0.5) is 0 Å². The minimum atomic E-state index is -2.48. The van der Waals surface area contributed by atoms with Gasteiger partial charge in [0.25, 0.3) is 0 Å². The Labute approximate surface area is 60.3 Å². The summed E-state index contributed by atoms with van der Waals surface area (Å²) in [5.41, 5.74) is 0. The van der Waals surface area contributed by atoms with Gasteiger partial charge in [-0.3, -0.25) is 9.83 Å². The lowest BCUT2D eigenvalue weighted by atomic mass is 10.4. The van der Waals surface area contributed by atoms with Crippen LogP contribution in [0, 0.1) is 0 Å². The third-order valence-corrected chi connectivity index (χ3v) is 2.34. The molecule has 10 heavy (non-hydrogen) atoms. The Morgan fingerprint density at radius 3 is 2.30 bits per heavy atom. The molecule has 4 heteroatoms. The van der Waals surface area contributed by atoms with Crippen molar-refractivity contribution in [1.82, 2.24) is 0 Å². The van der Waals surface area contributed by atoms with Gasteiger partial charge in [0.15, 0.2) is 0 Å². The fourth-order valence-electron chi connectivity index (χ4n) is 0.679. The van der Waals surface area contributed by atoms with Gasteiger partial charge in [0.05, 0.1) is 0 Å². The first-order valence-electron chi connectivity index (χ1n) is 2.88. The Hall–Kier alpha value is -0.683. The molecule has 0 aromatic heterocycles. The Kier molecular flexibility index (Phi) is 2.58. The molecule has 3 nitrogen and oxygen atoms in total. The van der Waals surface area contributed by atoms with E-state index in [1.54, 1.807) is 24.3 Å². The molecular formula is C6H8O3Si. The minimum absolute atomic E-state index is 0.671. The summed E-state index contributed by atoms with van der Waals surface area (Å²) in [4.78, 5) is 9.00. The van der Waals surface area contributed by atoms with E-state index >= 15 is 0 Å². The highest BCUT2D eigenvalue weighted by Crippen LogP contribution is 1.84. The van der Waals surface area contributed by atoms with Crippen LogP contribution in [0.2, 0.25) is 0 Å². The Bertz CT molecular complexity index is 189. The van der Waals surface area contributed by atoms with Crippen molar-refractivity contribution in [3.05, 3.63) is 30.3 Å². The topological polar surface area (TPSA) is 49.7 Å². The first-order valence-corrected chi connectivity index (χ1v) is 4.44. The first-order chi connectivity index (χ1) is 4.84. The average molecular weight is 156 g/mol. The number of hydrogen-bond donors (Lipinski definition) is 2. The monoisotopic (exact) mass is 156 g/mol. The Balaban J connectivity index is 2.75. The Morgan fingerprint density at radius 1 is 1.20 bits per heavy atom. The third kappa shape index (κ3) is 1.65. The molecule has 0 spiro atoms. The predicted octanol–water partition coefficient (Wildman–Crippen LogP) is -0.404. The van der Waals surface area contributed by atoms with Crippen LogP contribution in [0.25, 0.3) is 0 Å². The van der Waals surface area contributed by atoms with E-state index in [0.717, 1.165) is 0 Å². The van der Waals surface area contributed by atoms with Crippen LogP contribution in [0.15, 0.2) is 30.3 Å². The predicted molar refractivity (Wildman–Crippen MR) is 39.2 cm³/mol. The van der Waals surface area contributed by atoms with Crippen LogP contribution in [-0.2, 0) is 4.58 Å². The molecule has 0 saturated heterocycles. The van der Waals surface area contributed by atoms with Crippen molar-refractivity contribution in [1.29, 1.82) is 0 Å². The van der Waals surface area contributed by atoms with Gasteiger partial charge in [0.1, 0.15) is 0 Å². The van der Waals surface area contributed by atoms with E-state index in [2.05, 4.69) is 4.58 Å². The molecule has 0 saturated carbocycles. The molecule has 0 heterocycles. The normalized spacial score (nSPS) is 13.0. The molecular weight excluding hydrogens is 148 g/mol. The molecule has 0 aliphatic heterocycles. The second kappa shape index (κ2) is 3.48. The molecule has 1 unspecified atom stereocenters. The number of benzene rings is 1. The van der Waals surface area contributed by atoms with Gasteiger partial charge in [0, 0.05) is 0 Å². The summed E-state index contributed by atoms with van der Waals surface area (Å²) in [6.45, 7) is 0. The van der Waals surface area contributed by atoms with E-state index in [0.29, 0.717) is 5.19 Å². The second-order valence-corrected chi connectivity index (χ2v) is 3.45. The third-order valence-electron chi connectivity index (χ3n) is 1.18. The van der Waals surface area contributed by atoms with Gasteiger partial charge in [-0.25, -0.2) is 0 Å². The van der Waals surface area contributed by atoms with Gasteiger partial charge in [0.2, 0.25) is 0 Å². The largest absolute Gasteiger partial charge is 0.408 e. The fourth-order valence-corrected chi connectivity index (χ4v) is 1.35. The summed E-state index contributed by atoms with van der Waals surface area (Å²) < 4.78 is 3.83. The second-order valence-electron chi connectivity index (χ2n) is 1.87. The lowest BCUT2D eigenvalue weighted by molar-refractivity contribution is -0.154. The van der Waals surface area contributed by atoms with E-state index in [-0.39, 0.29) is 0 Å². The van der Waals surface area contributed by atoms with Gasteiger partial charge in [-0.05, 0) is 5.19 Å². The molecule has 0 bridgehead atoms. The maximum atomic E-state index is 9.00. The van der Waals surface area contributed by atoms with Crippen LogP contribution in [0.5, 0.6) is 0 Å². The molecule has 54 valence electrons. The minimum Gasteiger partial charge on any atom is -0.408 e. The van der Waals surface area contributed by atoms with Crippen molar-refractivity contribution in [2.75, 3.05) is 0 Å². The van der Waals surface area contributed by atoms with Crippen molar-refractivity contribution < 1.29 is 14.6 Å². The molecule has 0 aliphatic rings. The highest BCUT2D eigenvalue weighted by Gasteiger charge is 2.09. The maximum absolute atomic E-state index is 9.00. The maximum Gasteiger partial charge on any atom is 0.389 e. The zero-order valence-corrected chi connectivity index (χ0v) is 6.42. The quantitative estimate of drug-likeness (QED) is 0.348. The van der Waals surface area contributed by atoms with Gasteiger partial charge in [-0.15, -0.1) is 0 Å². The zero-order valence-electron chi connectivity index (χ0n) is 5.27. The Morgan fingerprint density at radius 2 is 1.80 bits per heavy atom. The van der Waals surface area contributed by atoms with Crippen LogP contribution >= 0.6 is 0 Å². The van der Waals surface area contributed by atoms with E-state index < -0.39 is 9.28 Å². The molecule has 1 rings (SSSR count). The molecule has 0 radical (unpaired) electrons. The SMILES string of the molecule is OO[SiH](O)c1ccccc1. The van der Waals surface area contributed by atoms with Crippen molar-refractivity contribution in [3.8, 4) is 0 Å². The standard InChI is InChI=1S/C6H8O3Si/c7-9-10(8)6-4-2-1-3-5-6/h1-5,7-8,10H. The summed E-state index contributed by atoms with van der Waals surface area (Å²) >= 11 is 0. The van der Waals surface area contributed by atoms with Crippen LogP contribution in [0.3, 0.4) is 0 Å². The lowest BCUT2D eigenvalue weighted by Gasteiger charge is -2.01. The molecule has 2 N–H and O–H groups in total. The molecule has 1 aromatic carbocycles. The van der Waals surface area contributed by atoms with Crippen LogP contribution < -0.4 is 5.19 Å². The van der Waals surface area contributed by atoms with Gasteiger partial charge in [-0.2, -0.15) is 0 Å². The molecule has 1 aromatic rings. The van der Waals surface area contributed by atoms with Crippen molar-refractivity contribution in [3.63, 3.8) is 0 Å². The van der Waals surface area contributed by atoms with Crippen molar-refractivity contribution in [2.45, 2.75) is 0 Å². The number of hydrogen-bond acceptors (Lipinski definition) is 3. The summed E-state index contributed by atoms with van der Waals surface area (Å²) in [6, 6.07) is 8.83. The molecule has 0 aliphatic carbocycles. The molecule has 0 amide bonds. The van der Waals surface area contributed by atoms with Crippen molar-refractivity contribution in [2.24, 2.45) is 0 Å². The van der Waals surface area contributed by atoms with Crippen LogP contribution in [0.1, 0.15) is 0 Å². The molecule has 0 fully saturated rings. The van der Waals surface area contributed by atoms with Gasteiger partial charge < -0.3 is 4.80 Å². The summed E-state index contributed by atoms with van der Waals surface area (Å²) in [7, 11) is -2.48. The van der Waals surface area contributed by atoms with Crippen LogP contribution in [-0.4, -0.2) is 19.3 Å². The zero-order chi connectivity index (χ0) is 7.40. The summed E-state index contributed by atoms with van der Waals surface area (Å²) in [5, 5.41) is 8.77. The highest BCUT2D eigenvalue weighted by atomic mass is 28.3. The van der Waals surface area contributed by atoms with Gasteiger partial charge >= 0.3 is 9.28 Å². The van der Waals surface area contributed by atoms with E-state index in [1.807, 2.05) is 6.07 Å². The molecule has 1 atom stereocenters. The number of rotatable bonds is 2.